The number of sulfonamides is 1. The largest absolute Gasteiger partial charge is 0.350 e. The minimum atomic E-state index is -3.81. The first kappa shape index (κ1) is 22.5. The Hall–Kier alpha value is -3.18. The van der Waals surface area contributed by atoms with E-state index in [0.29, 0.717) is 11.3 Å². The van der Waals surface area contributed by atoms with Crippen LogP contribution < -0.4 is 10.5 Å². The summed E-state index contributed by atoms with van der Waals surface area (Å²) in [6.45, 7) is 3.45. The number of benzene rings is 2. The Morgan fingerprint density at radius 1 is 1.16 bits per heavy atom. The third-order valence-corrected chi connectivity index (χ3v) is 5.56. The lowest BCUT2D eigenvalue weighted by Gasteiger charge is -2.20. The molecule has 0 radical (unpaired) electrons. The third-order valence-electron chi connectivity index (χ3n) is 4.63. The standard InChI is InChI=1S/C20H21F2N5O3S/c1-12(2)19(20(28)24-10-14-9-15(21)5-8-17(14)22)27-11-18(25-26-27)13-3-6-16(7-4-13)31(23,29)30/h3-9,11-12,19H,10H2,1-2H3,(H,24,28)(H2,23,29,30)/t19-/m0/s1. The van der Waals surface area contributed by atoms with Crippen LogP contribution in [-0.2, 0) is 21.4 Å². The van der Waals surface area contributed by atoms with E-state index in [1.165, 1.54) is 28.9 Å². The fourth-order valence-corrected chi connectivity index (χ4v) is 3.57. The molecule has 0 unspecified atom stereocenters. The maximum absolute atomic E-state index is 13.8. The molecule has 3 N–H and O–H groups in total. The molecule has 8 nitrogen and oxygen atoms in total. The lowest BCUT2D eigenvalue weighted by molar-refractivity contribution is -0.126. The first-order valence-corrected chi connectivity index (χ1v) is 10.9. The zero-order chi connectivity index (χ0) is 22.8. The molecule has 1 amide bonds. The molecule has 2 aromatic carbocycles. The molecule has 0 aliphatic carbocycles. The van der Waals surface area contributed by atoms with E-state index in [9.17, 15) is 22.0 Å². The van der Waals surface area contributed by atoms with Crippen molar-refractivity contribution >= 4 is 15.9 Å². The van der Waals surface area contributed by atoms with E-state index in [2.05, 4.69) is 15.6 Å². The van der Waals surface area contributed by atoms with Crippen LogP contribution >= 0.6 is 0 Å². The van der Waals surface area contributed by atoms with Crippen LogP contribution in [0.15, 0.2) is 53.6 Å². The molecule has 0 saturated carbocycles. The molecule has 0 aliphatic heterocycles. The van der Waals surface area contributed by atoms with Crippen LogP contribution in [0.1, 0.15) is 25.5 Å². The summed E-state index contributed by atoms with van der Waals surface area (Å²) < 4.78 is 51.3. The Balaban J connectivity index is 1.78. The Morgan fingerprint density at radius 3 is 2.45 bits per heavy atom. The quantitative estimate of drug-likeness (QED) is 0.574. The van der Waals surface area contributed by atoms with E-state index in [-0.39, 0.29) is 22.9 Å². The van der Waals surface area contributed by atoms with Crippen molar-refractivity contribution in [2.75, 3.05) is 0 Å². The average molecular weight is 449 g/mol. The number of aromatic nitrogens is 3. The molecule has 31 heavy (non-hydrogen) atoms. The molecule has 1 atom stereocenters. The maximum Gasteiger partial charge on any atom is 0.245 e. The topological polar surface area (TPSA) is 120 Å². The van der Waals surface area contributed by atoms with Gasteiger partial charge < -0.3 is 5.32 Å². The number of nitrogens with two attached hydrogens (primary N) is 1. The number of hydrogen-bond donors (Lipinski definition) is 2. The Labute approximate surface area is 178 Å². The zero-order valence-corrected chi connectivity index (χ0v) is 17.6. The molecule has 3 rings (SSSR count). The van der Waals surface area contributed by atoms with E-state index in [0.717, 1.165) is 18.2 Å². The summed E-state index contributed by atoms with van der Waals surface area (Å²) in [6, 6.07) is 8.05. The van der Waals surface area contributed by atoms with Gasteiger partial charge in [-0.05, 0) is 36.2 Å². The predicted octanol–water partition coefficient (Wildman–Crippen LogP) is 2.38. The second kappa shape index (κ2) is 8.90. The van der Waals surface area contributed by atoms with E-state index in [4.69, 9.17) is 5.14 Å². The van der Waals surface area contributed by atoms with Gasteiger partial charge >= 0.3 is 0 Å². The first-order valence-electron chi connectivity index (χ1n) is 9.33. The normalized spacial score (nSPS) is 12.7. The molecule has 1 aromatic heterocycles. The van der Waals surface area contributed by atoms with Crippen molar-refractivity contribution in [2.45, 2.75) is 31.3 Å². The lowest BCUT2D eigenvalue weighted by atomic mass is 10.0. The van der Waals surface area contributed by atoms with Crippen LogP contribution in [0.3, 0.4) is 0 Å². The van der Waals surface area contributed by atoms with Crippen molar-refractivity contribution < 1.29 is 22.0 Å². The maximum atomic E-state index is 13.8. The molecule has 0 aliphatic rings. The number of nitrogens with one attached hydrogen (secondary N) is 1. The number of primary sulfonamides is 1. The molecule has 0 fully saturated rings. The van der Waals surface area contributed by atoms with Crippen molar-refractivity contribution in [2.24, 2.45) is 11.1 Å². The number of halogens is 2. The smallest absolute Gasteiger partial charge is 0.245 e. The summed E-state index contributed by atoms with van der Waals surface area (Å²) in [6.07, 6.45) is 1.55. The van der Waals surface area contributed by atoms with Gasteiger partial charge in [-0.25, -0.2) is 27.0 Å². The second-order valence-electron chi connectivity index (χ2n) is 7.30. The number of carbonyl (C=O) groups is 1. The molecule has 0 bridgehead atoms. The van der Waals surface area contributed by atoms with Crippen LogP contribution in [-0.4, -0.2) is 29.3 Å². The number of carbonyl (C=O) groups excluding carboxylic acids is 1. The molecule has 0 saturated heterocycles. The Kier molecular flexibility index (Phi) is 6.46. The number of hydrogen-bond acceptors (Lipinski definition) is 5. The Morgan fingerprint density at radius 2 is 1.84 bits per heavy atom. The fraction of sp³-hybridized carbons (Fsp3) is 0.250. The van der Waals surface area contributed by atoms with Gasteiger partial charge in [0.1, 0.15) is 23.4 Å². The summed E-state index contributed by atoms with van der Waals surface area (Å²) in [5.41, 5.74) is 1.05. The molecule has 164 valence electrons. The van der Waals surface area contributed by atoms with Crippen molar-refractivity contribution in [1.29, 1.82) is 0 Å². The second-order valence-corrected chi connectivity index (χ2v) is 8.86. The number of rotatable bonds is 7. The monoisotopic (exact) mass is 449 g/mol. The van der Waals surface area contributed by atoms with Gasteiger partial charge in [0, 0.05) is 17.7 Å². The molecular weight excluding hydrogens is 428 g/mol. The van der Waals surface area contributed by atoms with Crippen LogP contribution in [0.25, 0.3) is 11.3 Å². The lowest BCUT2D eigenvalue weighted by Crippen LogP contribution is -2.35. The van der Waals surface area contributed by atoms with Gasteiger partial charge in [0.2, 0.25) is 15.9 Å². The van der Waals surface area contributed by atoms with Gasteiger partial charge in [0.15, 0.2) is 0 Å². The van der Waals surface area contributed by atoms with E-state index in [1.807, 2.05) is 13.8 Å². The van der Waals surface area contributed by atoms with Gasteiger partial charge in [-0.2, -0.15) is 0 Å². The van der Waals surface area contributed by atoms with Gasteiger partial charge in [0.05, 0.1) is 11.1 Å². The van der Waals surface area contributed by atoms with Gasteiger partial charge in [-0.15, -0.1) is 5.10 Å². The highest BCUT2D eigenvalue weighted by Gasteiger charge is 2.26. The molecular formula is C20H21F2N5O3S. The molecule has 0 spiro atoms. The highest BCUT2D eigenvalue weighted by Crippen LogP contribution is 2.23. The van der Waals surface area contributed by atoms with E-state index < -0.39 is 33.6 Å². The SMILES string of the molecule is CC(C)[C@@H](C(=O)NCc1cc(F)ccc1F)n1cc(-c2ccc(S(N)(=O)=O)cc2)nn1. The highest BCUT2D eigenvalue weighted by molar-refractivity contribution is 7.89. The highest BCUT2D eigenvalue weighted by atomic mass is 32.2. The van der Waals surface area contributed by atoms with Crippen LogP contribution in [0.2, 0.25) is 0 Å². The van der Waals surface area contributed by atoms with E-state index >= 15 is 0 Å². The van der Waals surface area contributed by atoms with Crippen LogP contribution in [0, 0.1) is 17.6 Å². The average Bonchev–Trinajstić information content (AvgIpc) is 3.17. The van der Waals surface area contributed by atoms with Crippen molar-refractivity contribution in [3.8, 4) is 11.3 Å². The molecule has 11 heteroatoms. The van der Waals surface area contributed by atoms with Gasteiger partial charge in [0.25, 0.3) is 0 Å². The summed E-state index contributed by atoms with van der Waals surface area (Å²) in [7, 11) is -3.81. The molecule has 3 aromatic rings. The van der Waals surface area contributed by atoms with Crippen molar-refractivity contribution in [3.05, 3.63) is 65.9 Å². The zero-order valence-electron chi connectivity index (χ0n) is 16.8. The Bertz CT molecular complexity index is 1190. The summed E-state index contributed by atoms with van der Waals surface area (Å²) in [5, 5.41) is 15.8. The predicted molar refractivity (Wildman–Crippen MR) is 109 cm³/mol. The summed E-state index contributed by atoms with van der Waals surface area (Å²) in [4.78, 5) is 12.7. The number of amides is 1. The number of nitrogens with zero attached hydrogens (tertiary/aromatic N) is 3. The third kappa shape index (κ3) is 5.30. The van der Waals surface area contributed by atoms with Gasteiger partial charge in [-0.3, -0.25) is 4.79 Å². The van der Waals surface area contributed by atoms with Crippen LogP contribution in [0.5, 0.6) is 0 Å². The van der Waals surface area contributed by atoms with Crippen LogP contribution in [0.4, 0.5) is 8.78 Å². The fourth-order valence-electron chi connectivity index (χ4n) is 3.05. The van der Waals surface area contributed by atoms with Crippen molar-refractivity contribution in [1.82, 2.24) is 20.3 Å². The molecule has 1 heterocycles. The first-order chi connectivity index (χ1) is 14.6. The summed E-state index contributed by atoms with van der Waals surface area (Å²) in [5.74, 6) is -1.83. The minimum Gasteiger partial charge on any atom is -0.350 e. The van der Waals surface area contributed by atoms with E-state index in [1.54, 1.807) is 6.20 Å². The van der Waals surface area contributed by atoms with Gasteiger partial charge in [-0.1, -0.05) is 31.2 Å². The minimum absolute atomic E-state index is 0.0325. The summed E-state index contributed by atoms with van der Waals surface area (Å²) >= 11 is 0. The van der Waals surface area contributed by atoms with Crippen molar-refractivity contribution in [3.63, 3.8) is 0 Å².